The highest BCUT2D eigenvalue weighted by Crippen LogP contribution is 2.73. The molecule has 1 aromatic heterocycles. The number of sulfonamides is 1. The molecule has 0 saturated heterocycles. The number of fused-ring (bicyclic) bond motifs is 5. The second-order valence-electron chi connectivity index (χ2n) is 7.00. The zero-order valence-corrected chi connectivity index (χ0v) is 12.0. The van der Waals surface area contributed by atoms with Gasteiger partial charge in [-0.25, -0.2) is 13.6 Å². The molecule has 0 radical (unpaired) electrons. The van der Waals surface area contributed by atoms with Crippen LogP contribution in [0.2, 0.25) is 0 Å². The Bertz CT molecular complexity index is 677. The van der Waals surface area contributed by atoms with Gasteiger partial charge in [0.25, 0.3) is 15.2 Å². The Hall–Kier alpha value is -0.950. The molecular weight excluding hydrogens is 276 g/mol. The van der Waals surface area contributed by atoms with Gasteiger partial charge in [0.05, 0.1) is 0 Å². The topological polar surface area (TPSA) is 90.9 Å². The van der Waals surface area contributed by atoms with E-state index in [-0.39, 0.29) is 11.2 Å². The molecule has 4 saturated carbocycles. The molecule has 2 bridgehead atoms. The van der Waals surface area contributed by atoms with Crippen molar-refractivity contribution < 1.29 is 8.42 Å². The van der Waals surface area contributed by atoms with Crippen LogP contribution in [0.3, 0.4) is 0 Å². The van der Waals surface area contributed by atoms with Crippen molar-refractivity contribution in [3.8, 4) is 0 Å². The molecule has 108 valence electrons. The minimum atomic E-state index is -3.77. The fourth-order valence-electron chi connectivity index (χ4n) is 5.06. The monoisotopic (exact) mass is 294 g/mol. The largest absolute Gasteiger partial charge is 0.297 e. The average molecular weight is 294 g/mol. The van der Waals surface area contributed by atoms with Crippen molar-refractivity contribution in [2.45, 2.75) is 49.2 Å². The van der Waals surface area contributed by atoms with Crippen molar-refractivity contribution in [2.24, 2.45) is 28.8 Å². The molecule has 7 heteroatoms. The van der Waals surface area contributed by atoms with Gasteiger partial charge in [-0.1, -0.05) is 0 Å². The van der Waals surface area contributed by atoms with Gasteiger partial charge in [-0.2, -0.15) is 0 Å². The fourth-order valence-corrected chi connectivity index (χ4v) is 5.73. The molecule has 6 nitrogen and oxygen atoms in total. The summed E-state index contributed by atoms with van der Waals surface area (Å²) < 4.78 is 25.2. The van der Waals surface area contributed by atoms with Gasteiger partial charge in [0, 0.05) is 12.0 Å². The van der Waals surface area contributed by atoms with Crippen LogP contribution in [0, 0.1) is 23.7 Å². The van der Waals surface area contributed by atoms with Gasteiger partial charge < -0.3 is 0 Å². The molecule has 4 fully saturated rings. The standard InChI is InChI=1S/C13H18N4O2S/c14-20(18,19)13-16-15-12(17(13)8-3-4-8)11-9-6-1-2-7(5-6)10(9)11/h6-11H,1-5H2,(H2,14,18,19). The molecule has 20 heavy (non-hydrogen) atoms. The summed E-state index contributed by atoms with van der Waals surface area (Å²) in [6.07, 6.45) is 6.11. The molecule has 1 heterocycles. The first-order chi connectivity index (χ1) is 9.55. The molecule has 0 aliphatic heterocycles. The van der Waals surface area contributed by atoms with Crippen LogP contribution in [-0.2, 0) is 10.0 Å². The van der Waals surface area contributed by atoms with Gasteiger partial charge in [-0.3, -0.25) is 4.57 Å². The van der Waals surface area contributed by atoms with Crippen LogP contribution in [0.4, 0.5) is 0 Å². The third kappa shape index (κ3) is 1.40. The number of primary sulfonamides is 1. The summed E-state index contributed by atoms with van der Waals surface area (Å²) in [6, 6.07) is 0.257. The lowest BCUT2D eigenvalue weighted by Crippen LogP contribution is -2.19. The maximum absolute atomic E-state index is 11.7. The third-order valence-electron chi connectivity index (χ3n) is 5.89. The maximum atomic E-state index is 11.7. The summed E-state index contributed by atoms with van der Waals surface area (Å²) in [5.41, 5.74) is 0. The first kappa shape index (κ1) is 11.7. The molecule has 0 aromatic carbocycles. The third-order valence-corrected chi connectivity index (χ3v) is 6.68. The van der Waals surface area contributed by atoms with Crippen LogP contribution in [-0.4, -0.2) is 23.2 Å². The molecule has 1 aromatic rings. The van der Waals surface area contributed by atoms with Crippen molar-refractivity contribution in [1.82, 2.24) is 14.8 Å². The first-order valence-electron chi connectivity index (χ1n) is 7.53. The lowest BCUT2D eigenvalue weighted by Gasteiger charge is -2.11. The molecule has 4 atom stereocenters. The van der Waals surface area contributed by atoms with E-state index in [2.05, 4.69) is 10.2 Å². The van der Waals surface area contributed by atoms with E-state index in [1.54, 1.807) is 0 Å². The van der Waals surface area contributed by atoms with Crippen LogP contribution in [0.25, 0.3) is 0 Å². The van der Waals surface area contributed by atoms with E-state index in [1.165, 1.54) is 19.3 Å². The van der Waals surface area contributed by atoms with E-state index in [0.29, 0.717) is 5.92 Å². The summed E-state index contributed by atoms with van der Waals surface area (Å²) in [5.74, 6) is 4.52. The minimum absolute atomic E-state index is 0.0210. The first-order valence-corrected chi connectivity index (χ1v) is 9.08. The quantitative estimate of drug-likeness (QED) is 0.901. The van der Waals surface area contributed by atoms with E-state index in [1.807, 2.05) is 4.57 Å². The van der Waals surface area contributed by atoms with Crippen molar-refractivity contribution in [2.75, 3.05) is 0 Å². The molecule has 0 amide bonds. The van der Waals surface area contributed by atoms with Gasteiger partial charge in [0.1, 0.15) is 5.82 Å². The molecule has 5 rings (SSSR count). The van der Waals surface area contributed by atoms with E-state index in [4.69, 9.17) is 5.14 Å². The van der Waals surface area contributed by atoms with Crippen LogP contribution in [0.5, 0.6) is 0 Å². The summed E-state index contributed by atoms with van der Waals surface area (Å²) >= 11 is 0. The normalized spacial score (nSPS) is 42.0. The SMILES string of the molecule is NS(=O)(=O)c1nnc(C2C3C4CCC(C4)C23)n1C1CC1. The average Bonchev–Trinajstić information content (AvgIpc) is 3.24. The Balaban J connectivity index is 1.58. The van der Waals surface area contributed by atoms with Gasteiger partial charge in [0.15, 0.2) is 0 Å². The highest BCUT2D eigenvalue weighted by atomic mass is 32.2. The molecular formula is C13H18N4O2S. The second-order valence-corrected chi connectivity index (χ2v) is 8.46. The van der Waals surface area contributed by atoms with Gasteiger partial charge in [0.2, 0.25) is 0 Å². The zero-order chi connectivity index (χ0) is 13.6. The number of hydrogen-bond acceptors (Lipinski definition) is 4. The van der Waals surface area contributed by atoms with Crippen LogP contribution in [0.1, 0.15) is 49.9 Å². The Morgan fingerprint density at radius 1 is 1.05 bits per heavy atom. The smallest absolute Gasteiger partial charge is 0.273 e. The Labute approximate surface area is 117 Å². The van der Waals surface area contributed by atoms with E-state index >= 15 is 0 Å². The van der Waals surface area contributed by atoms with E-state index in [0.717, 1.165) is 42.3 Å². The molecule has 0 spiro atoms. The van der Waals surface area contributed by atoms with Gasteiger partial charge >= 0.3 is 0 Å². The Kier molecular flexibility index (Phi) is 2.01. The lowest BCUT2D eigenvalue weighted by molar-refractivity contribution is 0.456. The van der Waals surface area contributed by atoms with Crippen LogP contribution >= 0.6 is 0 Å². The number of hydrogen-bond donors (Lipinski definition) is 1. The van der Waals surface area contributed by atoms with Crippen molar-refractivity contribution in [1.29, 1.82) is 0 Å². The molecule has 4 aliphatic rings. The zero-order valence-electron chi connectivity index (χ0n) is 11.1. The maximum Gasteiger partial charge on any atom is 0.273 e. The van der Waals surface area contributed by atoms with Crippen molar-refractivity contribution >= 4 is 10.0 Å². The molecule has 4 unspecified atom stereocenters. The summed E-state index contributed by atoms with van der Waals surface area (Å²) in [7, 11) is -3.77. The predicted molar refractivity (Wildman–Crippen MR) is 70.2 cm³/mol. The van der Waals surface area contributed by atoms with Crippen LogP contribution < -0.4 is 5.14 Å². The molecule has 4 aliphatic carbocycles. The summed E-state index contributed by atoms with van der Waals surface area (Å²) in [4.78, 5) is 0. The second kappa shape index (κ2) is 3.44. The predicted octanol–water partition coefficient (Wildman–Crippen LogP) is 1.02. The number of aromatic nitrogens is 3. The van der Waals surface area contributed by atoms with Gasteiger partial charge in [-0.05, 0) is 55.8 Å². The summed E-state index contributed by atoms with van der Waals surface area (Å²) in [5, 5.41) is 13.4. The number of nitrogens with two attached hydrogens (primary N) is 1. The minimum Gasteiger partial charge on any atom is -0.297 e. The number of nitrogens with zero attached hydrogens (tertiary/aromatic N) is 3. The highest BCUT2D eigenvalue weighted by molar-refractivity contribution is 7.89. The highest BCUT2D eigenvalue weighted by Gasteiger charge is 2.67. The Morgan fingerprint density at radius 3 is 2.25 bits per heavy atom. The van der Waals surface area contributed by atoms with Crippen LogP contribution in [0.15, 0.2) is 5.16 Å². The number of rotatable bonds is 3. The molecule has 2 N–H and O–H groups in total. The Morgan fingerprint density at radius 2 is 1.70 bits per heavy atom. The fraction of sp³-hybridized carbons (Fsp3) is 0.846. The van der Waals surface area contributed by atoms with E-state index < -0.39 is 10.0 Å². The summed E-state index contributed by atoms with van der Waals surface area (Å²) in [6.45, 7) is 0. The van der Waals surface area contributed by atoms with Crippen molar-refractivity contribution in [3.05, 3.63) is 5.82 Å². The lowest BCUT2D eigenvalue weighted by atomic mass is 10.0. The van der Waals surface area contributed by atoms with Crippen molar-refractivity contribution in [3.63, 3.8) is 0 Å². The van der Waals surface area contributed by atoms with Gasteiger partial charge in [-0.15, -0.1) is 10.2 Å². The van der Waals surface area contributed by atoms with E-state index in [9.17, 15) is 8.42 Å².